The molecule has 8 heteroatoms. The molecule has 0 spiro atoms. The summed E-state index contributed by atoms with van der Waals surface area (Å²) in [4.78, 5) is 42.5. The van der Waals surface area contributed by atoms with E-state index in [0.29, 0.717) is 34.5 Å². The number of halogens is 1. The minimum absolute atomic E-state index is 0.0234. The summed E-state index contributed by atoms with van der Waals surface area (Å²) in [7, 11) is 0. The molecule has 2 aromatic carbocycles. The van der Waals surface area contributed by atoms with Crippen molar-refractivity contribution in [1.82, 2.24) is 9.88 Å². The first-order chi connectivity index (χ1) is 16.7. The highest BCUT2D eigenvalue weighted by Crippen LogP contribution is 2.30. The van der Waals surface area contributed by atoms with Crippen LogP contribution in [-0.4, -0.2) is 40.3 Å². The van der Waals surface area contributed by atoms with Gasteiger partial charge in [0.2, 0.25) is 5.91 Å². The number of pyridine rings is 1. The van der Waals surface area contributed by atoms with Crippen LogP contribution in [0.4, 0.5) is 10.2 Å². The summed E-state index contributed by atoms with van der Waals surface area (Å²) >= 11 is 0. The van der Waals surface area contributed by atoms with Crippen LogP contribution >= 0.6 is 0 Å². The van der Waals surface area contributed by atoms with Gasteiger partial charge >= 0.3 is 0 Å². The van der Waals surface area contributed by atoms with Gasteiger partial charge in [-0.15, -0.1) is 0 Å². The van der Waals surface area contributed by atoms with Crippen molar-refractivity contribution in [3.8, 4) is 16.9 Å². The Labute approximate surface area is 202 Å². The summed E-state index contributed by atoms with van der Waals surface area (Å²) in [5.41, 5.74) is 2.01. The van der Waals surface area contributed by atoms with E-state index in [4.69, 9.17) is 4.74 Å². The molecule has 0 aliphatic carbocycles. The summed E-state index contributed by atoms with van der Waals surface area (Å²) in [6, 6.07) is 14.1. The molecule has 0 saturated heterocycles. The molecule has 0 saturated carbocycles. The van der Waals surface area contributed by atoms with E-state index in [1.807, 2.05) is 13.8 Å². The van der Waals surface area contributed by atoms with Crippen molar-refractivity contribution in [2.75, 3.05) is 11.9 Å². The Bertz CT molecular complexity index is 1260. The zero-order chi connectivity index (χ0) is 25.1. The van der Waals surface area contributed by atoms with Crippen LogP contribution in [0.3, 0.4) is 0 Å². The molecule has 180 valence electrons. The highest BCUT2D eigenvalue weighted by molar-refractivity contribution is 6.21. The number of ether oxygens (including phenoxy) is 1. The Kier molecular flexibility index (Phi) is 6.91. The normalized spacial score (nSPS) is 13.7. The Balaban J connectivity index is 1.52. The molecule has 0 fully saturated rings. The van der Waals surface area contributed by atoms with Crippen LogP contribution in [0.2, 0.25) is 0 Å². The molecule has 3 amide bonds. The number of hydrogen-bond acceptors (Lipinski definition) is 5. The first-order valence-electron chi connectivity index (χ1n) is 11.4. The molecule has 0 bridgehead atoms. The van der Waals surface area contributed by atoms with E-state index in [-0.39, 0.29) is 36.0 Å². The number of amides is 3. The predicted octanol–water partition coefficient (Wildman–Crippen LogP) is 4.94. The number of nitrogens with zero attached hydrogens (tertiary/aromatic N) is 2. The number of carbonyl (C=O) groups excluding carboxylic acids is 3. The van der Waals surface area contributed by atoms with E-state index in [1.165, 1.54) is 30.2 Å². The van der Waals surface area contributed by atoms with Gasteiger partial charge < -0.3 is 10.1 Å². The molecule has 4 rings (SSSR count). The number of benzene rings is 2. The van der Waals surface area contributed by atoms with E-state index >= 15 is 0 Å². The quantitative estimate of drug-likeness (QED) is 0.467. The van der Waals surface area contributed by atoms with Crippen LogP contribution < -0.4 is 10.1 Å². The van der Waals surface area contributed by atoms with Crippen LogP contribution in [0, 0.1) is 11.7 Å². The third-order valence-corrected chi connectivity index (χ3v) is 5.69. The van der Waals surface area contributed by atoms with E-state index < -0.39 is 11.9 Å². The fourth-order valence-electron chi connectivity index (χ4n) is 4.17. The van der Waals surface area contributed by atoms with Gasteiger partial charge in [0.1, 0.15) is 12.4 Å². The summed E-state index contributed by atoms with van der Waals surface area (Å²) < 4.78 is 20.7. The second-order valence-corrected chi connectivity index (χ2v) is 8.88. The maximum Gasteiger partial charge on any atom is 0.261 e. The number of imide groups is 1. The topological polar surface area (TPSA) is 88.6 Å². The highest BCUT2D eigenvalue weighted by atomic mass is 19.1. The lowest BCUT2D eigenvalue weighted by Gasteiger charge is -2.27. The van der Waals surface area contributed by atoms with Crippen molar-refractivity contribution in [2.45, 2.75) is 33.2 Å². The van der Waals surface area contributed by atoms with Crippen LogP contribution in [0.1, 0.15) is 47.9 Å². The largest absolute Gasteiger partial charge is 0.488 e. The molecule has 1 N–H and O–H groups in total. The molecule has 7 nitrogen and oxygen atoms in total. The Morgan fingerprint density at radius 1 is 1.03 bits per heavy atom. The number of rotatable bonds is 8. The monoisotopic (exact) mass is 475 g/mol. The van der Waals surface area contributed by atoms with Gasteiger partial charge in [-0.1, -0.05) is 32.0 Å². The Morgan fingerprint density at radius 2 is 1.69 bits per heavy atom. The molecule has 1 aromatic heterocycles. The summed E-state index contributed by atoms with van der Waals surface area (Å²) in [5, 5.41) is 2.60. The van der Waals surface area contributed by atoms with Gasteiger partial charge in [-0.2, -0.15) is 0 Å². The standard InChI is InChI=1S/C27H26FN3O4/c1-16(2)12-20(31-26(33)21-6-4-5-7-22(21)27(31)34)15-35-24-9-8-18(13-23(24)28)19-10-11-29-25(14-19)30-17(3)32/h4-11,13-14,16,20H,12,15H2,1-3H3,(H,29,30,32). The predicted molar refractivity (Wildman–Crippen MR) is 130 cm³/mol. The molecule has 35 heavy (non-hydrogen) atoms. The molecule has 0 radical (unpaired) electrons. The third kappa shape index (κ3) is 5.21. The van der Waals surface area contributed by atoms with Crippen LogP contribution in [0.15, 0.2) is 60.8 Å². The lowest BCUT2D eigenvalue weighted by molar-refractivity contribution is -0.114. The maximum absolute atomic E-state index is 14.9. The van der Waals surface area contributed by atoms with Crippen LogP contribution in [-0.2, 0) is 4.79 Å². The molecule has 1 atom stereocenters. The average Bonchev–Trinajstić information content (AvgIpc) is 3.07. The van der Waals surface area contributed by atoms with Crippen molar-refractivity contribution in [3.05, 3.63) is 77.7 Å². The van der Waals surface area contributed by atoms with E-state index in [2.05, 4.69) is 10.3 Å². The van der Waals surface area contributed by atoms with Crippen molar-refractivity contribution in [1.29, 1.82) is 0 Å². The van der Waals surface area contributed by atoms with Gasteiger partial charge in [-0.05, 0) is 59.9 Å². The minimum Gasteiger partial charge on any atom is -0.488 e. The summed E-state index contributed by atoms with van der Waals surface area (Å²) in [6.45, 7) is 5.34. The number of carbonyl (C=O) groups is 3. The lowest BCUT2D eigenvalue weighted by Crippen LogP contribution is -2.44. The minimum atomic E-state index is -0.578. The van der Waals surface area contributed by atoms with Crippen molar-refractivity contribution in [3.63, 3.8) is 0 Å². The highest BCUT2D eigenvalue weighted by Gasteiger charge is 2.40. The number of fused-ring (bicyclic) bond motifs is 1. The molecular weight excluding hydrogens is 449 g/mol. The average molecular weight is 476 g/mol. The van der Waals surface area contributed by atoms with Gasteiger partial charge in [-0.25, -0.2) is 9.37 Å². The third-order valence-electron chi connectivity index (χ3n) is 5.69. The number of anilines is 1. The molecule has 3 aromatic rings. The summed E-state index contributed by atoms with van der Waals surface area (Å²) in [5.74, 6) is -0.968. The van der Waals surface area contributed by atoms with Gasteiger partial charge in [0.05, 0.1) is 17.2 Å². The fourth-order valence-corrected chi connectivity index (χ4v) is 4.17. The van der Waals surface area contributed by atoms with Gasteiger partial charge in [0.15, 0.2) is 11.6 Å². The molecule has 1 aliphatic heterocycles. The second-order valence-electron chi connectivity index (χ2n) is 8.88. The van der Waals surface area contributed by atoms with E-state index in [1.54, 1.807) is 42.5 Å². The van der Waals surface area contributed by atoms with Crippen LogP contribution in [0.5, 0.6) is 5.75 Å². The zero-order valence-corrected chi connectivity index (χ0v) is 19.7. The molecular formula is C27H26FN3O4. The maximum atomic E-state index is 14.9. The SMILES string of the molecule is CC(=O)Nc1cc(-c2ccc(OCC(CC(C)C)N3C(=O)c4ccccc4C3=O)c(F)c2)ccn1. The smallest absolute Gasteiger partial charge is 0.261 e. The van der Waals surface area contributed by atoms with Crippen molar-refractivity contribution in [2.24, 2.45) is 5.92 Å². The van der Waals surface area contributed by atoms with Gasteiger partial charge in [0, 0.05) is 13.1 Å². The lowest BCUT2D eigenvalue weighted by atomic mass is 10.0. The summed E-state index contributed by atoms with van der Waals surface area (Å²) in [6.07, 6.45) is 2.05. The Hall–Kier alpha value is -4.07. The first-order valence-corrected chi connectivity index (χ1v) is 11.4. The molecule has 2 heterocycles. The molecule has 1 aliphatic rings. The van der Waals surface area contributed by atoms with Crippen molar-refractivity contribution >= 4 is 23.5 Å². The number of aromatic nitrogens is 1. The van der Waals surface area contributed by atoms with Crippen molar-refractivity contribution < 1.29 is 23.5 Å². The number of nitrogens with one attached hydrogen (secondary N) is 1. The molecule has 1 unspecified atom stereocenters. The Morgan fingerprint density at radius 3 is 2.29 bits per heavy atom. The zero-order valence-electron chi connectivity index (χ0n) is 19.7. The van der Waals surface area contributed by atoms with Gasteiger partial charge in [0.25, 0.3) is 11.8 Å². The fraction of sp³-hybridized carbons (Fsp3) is 0.259. The van der Waals surface area contributed by atoms with Crippen LogP contribution in [0.25, 0.3) is 11.1 Å². The second kappa shape index (κ2) is 10.0. The van der Waals surface area contributed by atoms with E-state index in [9.17, 15) is 18.8 Å². The van der Waals surface area contributed by atoms with Gasteiger partial charge in [-0.3, -0.25) is 19.3 Å². The van der Waals surface area contributed by atoms with E-state index in [0.717, 1.165) is 0 Å². The first kappa shape index (κ1) is 24.1. The number of hydrogen-bond donors (Lipinski definition) is 1.